The van der Waals surface area contributed by atoms with Crippen LogP contribution in [0.1, 0.15) is 19.4 Å². The van der Waals surface area contributed by atoms with E-state index in [1.54, 1.807) is 6.07 Å². The Kier molecular flexibility index (Phi) is 3.75. The number of carbonyl (C=O) groups excluding carboxylic acids is 1. The maximum absolute atomic E-state index is 12.0. The molecule has 0 unspecified atom stereocenters. The van der Waals surface area contributed by atoms with Crippen molar-refractivity contribution < 1.29 is 9.53 Å². The maximum atomic E-state index is 12.0. The second-order valence-corrected chi connectivity index (χ2v) is 5.60. The Morgan fingerprint density at radius 2 is 2.05 bits per heavy atom. The minimum atomic E-state index is -0.400. The third kappa shape index (κ3) is 2.71. The normalized spacial score (nSPS) is 18.5. The fourth-order valence-corrected chi connectivity index (χ4v) is 2.24. The SMILES string of the molecule is CC(C)[C@@H]1NC(=S)c2cc(N(C)C)ccc2OC1=O. The van der Waals surface area contributed by atoms with Crippen LogP contribution in [0.4, 0.5) is 5.69 Å². The molecule has 102 valence electrons. The van der Waals surface area contributed by atoms with E-state index in [0.29, 0.717) is 10.7 Å². The van der Waals surface area contributed by atoms with Crippen molar-refractivity contribution in [2.24, 2.45) is 5.92 Å². The molecule has 0 spiro atoms. The summed E-state index contributed by atoms with van der Waals surface area (Å²) in [7, 11) is 3.91. The summed E-state index contributed by atoms with van der Waals surface area (Å²) in [6.45, 7) is 3.92. The summed E-state index contributed by atoms with van der Waals surface area (Å²) in [4.78, 5) is 14.6. The van der Waals surface area contributed by atoms with Gasteiger partial charge in [0.25, 0.3) is 0 Å². The van der Waals surface area contributed by atoms with Gasteiger partial charge in [0.05, 0.1) is 5.56 Å². The molecular formula is C14H18N2O2S. The highest BCUT2D eigenvalue weighted by Gasteiger charge is 2.30. The van der Waals surface area contributed by atoms with Crippen LogP contribution in [0.2, 0.25) is 0 Å². The first-order valence-corrected chi connectivity index (χ1v) is 6.65. The van der Waals surface area contributed by atoms with Gasteiger partial charge in [-0.1, -0.05) is 26.1 Å². The maximum Gasteiger partial charge on any atom is 0.334 e. The lowest BCUT2D eigenvalue weighted by atomic mass is 10.0. The molecule has 1 heterocycles. The topological polar surface area (TPSA) is 41.6 Å². The molecule has 0 saturated carbocycles. The predicted molar refractivity (Wildman–Crippen MR) is 79.9 cm³/mol. The van der Waals surface area contributed by atoms with Crippen molar-refractivity contribution in [3.05, 3.63) is 23.8 Å². The van der Waals surface area contributed by atoms with Crippen molar-refractivity contribution in [3.63, 3.8) is 0 Å². The van der Waals surface area contributed by atoms with E-state index in [4.69, 9.17) is 17.0 Å². The lowest BCUT2D eigenvalue weighted by Gasteiger charge is -2.18. The standard InChI is InChI=1S/C14H18N2O2S/c1-8(2)12-14(17)18-11-6-5-9(16(3)4)7-10(11)13(19)15-12/h5-8,12H,1-4H3,(H,15,19)/t12-/m0/s1. The zero-order valence-corrected chi connectivity index (χ0v) is 12.4. The van der Waals surface area contributed by atoms with Gasteiger partial charge in [-0.25, -0.2) is 4.79 Å². The van der Waals surface area contributed by atoms with Gasteiger partial charge < -0.3 is 15.0 Å². The van der Waals surface area contributed by atoms with Gasteiger partial charge in [-0.15, -0.1) is 0 Å². The van der Waals surface area contributed by atoms with Crippen LogP contribution in [0, 0.1) is 5.92 Å². The van der Waals surface area contributed by atoms with Crippen LogP contribution in [0.5, 0.6) is 5.75 Å². The molecule has 0 aliphatic carbocycles. The number of benzene rings is 1. The third-order valence-corrected chi connectivity index (χ3v) is 3.48. The summed E-state index contributed by atoms with van der Waals surface area (Å²) >= 11 is 5.38. The van der Waals surface area contributed by atoms with Crippen molar-refractivity contribution >= 4 is 28.9 Å². The van der Waals surface area contributed by atoms with Gasteiger partial charge in [0.2, 0.25) is 0 Å². The second-order valence-electron chi connectivity index (χ2n) is 5.19. The highest BCUT2D eigenvalue weighted by molar-refractivity contribution is 7.80. The summed E-state index contributed by atoms with van der Waals surface area (Å²) in [5.74, 6) is 0.359. The monoisotopic (exact) mass is 278 g/mol. The number of nitrogens with one attached hydrogen (secondary N) is 1. The Bertz CT molecular complexity index is 526. The number of nitrogens with zero attached hydrogens (tertiary/aromatic N) is 1. The average Bonchev–Trinajstić information content (AvgIpc) is 2.46. The number of hydrogen-bond donors (Lipinski definition) is 1. The van der Waals surface area contributed by atoms with Gasteiger partial charge in [-0.05, 0) is 24.1 Å². The number of thiocarbonyl (C=S) groups is 1. The summed E-state index contributed by atoms with van der Waals surface area (Å²) in [6.07, 6.45) is 0. The third-order valence-electron chi connectivity index (χ3n) is 3.14. The molecule has 0 saturated heterocycles. The van der Waals surface area contributed by atoms with Crippen LogP contribution in [-0.4, -0.2) is 31.1 Å². The number of carbonyl (C=O) groups is 1. The van der Waals surface area contributed by atoms with E-state index in [2.05, 4.69) is 5.32 Å². The molecule has 1 N–H and O–H groups in total. The van der Waals surface area contributed by atoms with Crippen LogP contribution >= 0.6 is 12.2 Å². The average molecular weight is 278 g/mol. The molecule has 0 aromatic heterocycles. The Labute approximate surface area is 118 Å². The molecule has 2 rings (SSSR count). The number of esters is 1. The molecule has 1 aromatic rings. The molecular weight excluding hydrogens is 260 g/mol. The van der Waals surface area contributed by atoms with Crippen molar-refractivity contribution in [3.8, 4) is 5.75 Å². The summed E-state index contributed by atoms with van der Waals surface area (Å²) < 4.78 is 5.43. The lowest BCUT2D eigenvalue weighted by molar-refractivity contribution is -0.137. The van der Waals surface area contributed by atoms with Gasteiger partial charge in [-0.3, -0.25) is 0 Å². The highest BCUT2D eigenvalue weighted by atomic mass is 32.1. The molecule has 0 bridgehead atoms. The first kappa shape index (κ1) is 13.8. The fourth-order valence-electron chi connectivity index (χ4n) is 1.95. The first-order valence-electron chi connectivity index (χ1n) is 6.24. The smallest absolute Gasteiger partial charge is 0.334 e. The summed E-state index contributed by atoms with van der Waals surface area (Å²) in [5, 5.41) is 3.09. The minimum absolute atomic E-state index is 0.119. The van der Waals surface area contributed by atoms with Gasteiger partial charge in [0, 0.05) is 19.8 Å². The number of fused-ring (bicyclic) bond motifs is 1. The number of ether oxygens (including phenoxy) is 1. The largest absolute Gasteiger partial charge is 0.424 e. The summed E-state index contributed by atoms with van der Waals surface area (Å²) in [6, 6.07) is 5.23. The fraction of sp³-hybridized carbons (Fsp3) is 0.429. The van der Waals surface area contributed by atoms with Crippen LogP contribution in [0.15, 0.2) is 18.2 Å². The molecule has 0 fully saturated rings. The van der Waals surface area contributed by atoms with Crippen molar-refractivity contribution in [1.29, 1.82) is 0 Å². The predicted octanol–water partition coefficient (Wildman–Crippen LogP) is 1.96. The molecule has 19 heavy (non-hydrogen) atoms. The molecule has 1 aromatic carbocycles. The van der Waals surface area contributed by atoms with Gasteiger partial charge in [-0.2, -0.15) is 0 Å². The Morgan fingerprint density at radius 1 is 1.37 bits per heavy atom. The quantitative estimate of drug-likeness (QED) is 0.509. The van der Waals surface area contributed by atoms with E-state index in [-0.39, 0.29) is 11.9 Å². The van der Waals surface area contributed by atoms with E-state index in [1.807, 2.05) is 45.0 Å². The van der Waals surface area contributed by atoms with Crippen LogP contribution in [0.3, 0.4) is 0 Å². The van der Waals surface area contributed by atoms with Gasteiger partial charge in [0.15, 0.2) is 0 Å². The van der Waals surface area contributed by atoms with Crippen molar-refractivity contribution in [2.45, 2.75) is 19.9 Å². The molecule has 0 amide bonds. The number of hydrogen-bond acceptors (Lipinski definition) is 4. The Morgan fingerprint density at radius 3 is 2.63 bits per heavy atom. The molecule has 0 radical (unpaired) electrons. The van der Waals surface area contributed by atoms with E-state index < -0.39 is 6.04 Å². The Balaban J connectivity index is 2.42. The van der Waals surface area contributed by atoms with Crippen LogP contribution in [-0.2, 0) is 4.79 Å². The van der Waals surface area contributed by atoms with Crippen molar-refractivity contribution in [2.75, 3.05) is 19.0 Å². The van der Waals surface area contributed by atoms with E-state index in [9.17, 15) is 4.79 Å². The second kappa shape index (κ2) is 5.17. The first-order chi connectivity index (χ1) is 8.90. The minimum Gasteiger partial charge on any atom is -0.424 e. The molecule has 5 heteroatoms. The molecule has 1 aliphatic heterocycles. The highest BCUT2D eigenvalue weighted by Crippen LogP contribution is 2.27. The van der Waals surface area contributed by atoms with Gasteiger partial charge in [0.1, 0.15) is 16.8 Å². The molecule has 1 aliphatic rings. The van der Waals surface area contributed by atoms with Crippen LogP contribution in [0.25, 0.3) is 0 Å². The Hall–Kier alpha value is -1.62. The number of anilines is 1. The lowest BCUT2D eigenvalue weighted by Crippen LogP contribution is -2.43. The van der Waals surface area contributed by atoms with E-state index in [0.717, 1.165) is 11.3 Å². The van der Waals surface area contributed by atoms with Crippen LogP contribution < -0.4 is 15.0 Å². The van der Waals surface area contributed by atoms with E-state index in [1.165, 1.54) is 0 Å². The number of rotatable bonds is 2. The van der Waals surface area contributed by atoms with E-state index >= 15 is 0 Å². The summed E-state index contributed by atoms with van der Waals surface area (Å²) in [5.41, 5.74) is 1.78. The molecule has 1 atom stereocenters. The zero-order chi connectivity index (χ0) is 14.2. The van der Waals surface area contributed by atoms with Crippen molar-refractivity contribution in [1.82, 2.24) is 5.32 Å². The van der Waals surface area contributed by atoms with Gasteiger partial charge >= 0.3 is 5.97 Å². The molecule has 4 nitrogen and oxygen atoms in total. The zero-order valence-electron chi connectivity index (χ0n) is 11.6.